The number of hydrogen-bond donors (Lipinski definition) is 1. The van der Waals surface area contributed by atoms with Gasteiger partial charge in [0.1, 0.15) is 0 Å². The summed E-state index contributed by atoms with van der Waals surface area (Å²) in [5.41, 5.74) is 2.28. The molecule has 0 radical (unpaired) electrons. The highest BCUT2D eigenvalue weighted by Gasteiger charge is 2.31. The maximum Gasteiger partial charge on any atom is 0.155 e. The number of rotatable bonds is 7. The highest BCUT2D eigenvalue weighted by molar-refractivity contribution is 7.92. The van der Waals surface area contributed by atoms with Crippen LogP contribution in [0.2, 0.25) is 0 Å². The third-order valence-electron chi connectivity index (χ3n) is 4.41. The topological polar surface area (TPSA) is 46.2 Å². The van der Waals surface area contributed by atoms with Crippen molar-refractivity contribution < 1.29 is 8.42 Å². The first kappa shape index (κ1) is 16.5. The molecular weight excluding hydrogens is 282 g/mol. The molecule has 1 unspecified atom stereocenters. The quantitative estimate of drug-likeness (QED) is 0.840. The van der Waals surface area contributed by atoms with Crippen molar-refractivity contribution in [3.05, 3.63) is 35.4 Å². The zero-order valence-corrected chi connectivity index (χ0v) is 14.0. The van der Waals surface area contributed by atoms with Crippen LogP contribution in [0.1, 0.15) is 56.2 Å². The molecular formula is C17H27NO2S. The Balaban J connectivity index is 2.18. The number of benzene rings is 1. The van der Waals surface area contributed by atoms with Crippen LogP contribution in [0.5, 0.6) is 0 Å². The molecule has 0 aromatic heterocycles. The van der Waals surface area contributed by atoms with Gasteiger partial charge < -0.3 is 5.32 Å². The summed E-state index contributed by atoms with van der Waals surface area (Å²) in [6, 6.07) is 8.01. The SMILES string of the molecule is CCCNC(CS(=O)(=O)C1CCCC1)c1ccccc1C. The van der Waals surface area contributed by atoms with Crippen LogP contribution in [0.15, 0.2) is 24.3 Å². The lowest BCUT2D eigenvalue weighted by Gasteiger charge is -2.22. The van der Waals surface area contributed by atoms with Crippen molar-refractivity contribution in [3.63, 3.8) is 0 Å². The van der Waals surface area contributed by atoms with Crippen LogP contribution in [-0.4, -0.2) is 26.0 Å². The van der Waals surface area contributed by atoms with Crippen LogP contribution >= 0.6 is 0 Å². The van der Waals surface area contributed by atoms with Crippen molar-refractivity contribution >= 4 is 9.84 Å². The van der Waals surface area contributed by atoms with Crippen LogP contribution in [0.4, 0.5) is 0 Å². The Kier molecular flexibility index (Phi) is 5.82. The van der Waals surface area contributed by atoms with Crippen molar-refractivity contribution in [2.45, 2.75) is 57.2 Å². The van der Waals surface area contributed by atoms with Crippen LogP contribution in [0.25, 0.3) is 0 Å². The highest BCUT2D eigenvalue weighted by atomic mass is 32.2. The molecule has 0 aliphatic heterocycles. The molecule has 21 heavy (non-hydrogen) atoms. The van der Waals surface area contributed by atoms with Crippen LogP contribution in [0, 0.1) is 6.92 Å². The molecule has 2 rings (SSSR count). The van der Waals surface area contributed by atoms with Gasteiger partial charge in [-0.1, -0.05) is 44.0 Å². The number of aryl methyl sites for hydroxylation is 1. The summed E-state index contributed by atoms with van der Waals surface area (Å²) >= 11 is 0. The summed E-state index contributed by atoms with van der Waals surface area (Å²) in [4.78, 5) is 0. The predicted molar refractivity (Wildman–Crippen MR) is 88.3 cm³/mol. The molecule has 1 aliphatic carbocycles. The molecule has 0 bridgehead atoms. The van der Waals surface area contributed by atoms with Gasteiger partial charge in [0, 0.05) is 6.04 Å². The molecule has 0 saturated heterocycles. The minimum absolute atomic E-state index is 0.0863. The van der Waals surface area contributed by atoms with Gasteiger partial charge in [0.25, 0.3) is 0 Å². The first-order valence-electron chi connectivity index (χ1n) is 8.05. The summed E-state index contributed by atoms with van der Waals surface area (Å²) < 4.78 is 25.3. The number of hydrogen-bond acceptors (Lipinski definition) is 3. The Morgan fingerprint density at radius 3 is 2.52 bits per heavy atom. The second-order valence-corrected chi connectivity index (χ2v) is 8.43. The highest BCUT2D eigenvalue weighted by Crippen LogP contribution is 2.28. The summed E-state index contributed by atoms with van der Waals surface area (Å²) in [7, 11) is -3.02. The Labute approximate surface area is 129 Å². The number of sulfone groups is 1. The lowest BCUT2D eigenvalue weighted by Crippen LogP contribution is -2.33. The minimum atomic E-state index is -3.02. The van der Waals surface area contributed by atoms with E-state index in [9.17, 15) is 8.42 Å². The molecule has 1 aliphatic rings. The predicted octanol–water partition coefficient (Wildman–Crippen LogP) is 3.39. The maximum atomic E-state index is 12.7. The molecule has 0 spiro atoms. The summed E-state index contributed by atoms with van der Waals surface area (Å²) in [6.07, 6.45) is 4.81. The summed E-state index contributed by atoms with van der Waals surface area (Å²) in [5.74, 6) is 0.225. The van der Waals surface area contributed by atoms with Crippen molar-refractivity contribution in [1.82, 2.24) is 5.32 Å². The van der Waals surface area contributed by atoms with Gasteiger partial charge in [-0.05, 0) is 43.9 Å². The number of nitrogens with one attached hydrogen (secondary N) is 1. The van der Waals surface area contributed by atoms with Crippen molar-refractivity contribution in [1.29, 1.82) is 0 Å². The van der Waals surface area contributed by atoms with Gasteiger partial charge >= 0.3 is 0 Å². The minimum Gasteiger partial charge on any atom is -0.309 e. The first-order valence-corrected chi connectivity index (χ1v) is 9.76. The summed E-state index contributed by atoms with van der Waals surface area (Å²) in [6.45, 7) is 5.00. The van der Waals surface area contributed by atoms with Gasteiger partial charge in [-0.25, -0.2) is 8.42 Å². The lowest BCUT2D eigenvalue weighted by molar-refractivity contribution is 0.536. The normalized spacial score (nSPS) is 18.0. The van der Waals surface area contributed by atoms with Gasteiger partial charge in [0.05, 0.1) is 11.0 Å². The third-order valence-corrected chi connectivity index (χ3v) is 6.70. The molecule has 1 N–H and O–H groups in total. The molecule has 1 aromatic rings. The third kappa shape index (κ3) is 4.30. The van der Waals surface area contributed by atoms with E-state index >= 15 is 0 Å². The second-order valence-electron chi connectivity index (χ2n) is 6.10. The fraction of sp³-hybridized carbons (Fsp3) is 0.647. The standard InChI is InChI=1S/C17H27NO2S/c1-3-12-18-17(16-11-7-4-8-14(16)2)13-21(19,20)15-9-5-6-10-15/h4,7-8,11,15,17-18H,3,5-6,9-10,12-13H2,1-2H3. The Morgan fingerprint density at radius 1 is 1.24 bits per heavy atom. The molecule has 1 saturated carbocycles. The van der Waals surface area contributed by atoms with E-state index in [0.717, 1.165) is 49.8 Å². The van der Waals surface area contributed by atoms with Crippen LogP contribution < -0.4 is 5.32 Å². The molecule has 118 valence electrons. The first-order chi connectivity index (χ1) is 10.0. The van der Waals surface area contributed by atoms with E-state index < -0.39 is 9.84 Å². The van der Waals surface area contributed by atoms with Gasteiger partial charge in [-0.3, -0.25) is 0 Å². The monoisotopic (exact) mass is 309 g/mol. The molecule has 1 fully saturated rings. The van der Waals surface area contributed by atoms with E-state index in [1.54, 1.807) is 0 Å². The maximum absolute atomic E-state index is 12.7. The van der Waals surface area contributed by atoms with E-state index in [1.165, 1.54) is 0 Å². The van der Waals surface area contributed by atoms with Gasteiger partial charge in [0.15, 0.2) is 9.84 Å². The molecule has 1 aromatic carbocycles. The molecule has 4 heteroatoms. The van der Waals surface area contributed by atoms with Gasteiger partial charge in [-0.2, -0.15) is 0 Å². The van der Waals surface area contributed by atoms with Gasteiger partial charge in [-0.15, -0.1) is 0 Å². The van der Waals surface area contributed by atoms with E-state index in [4.69, 9.17) is 0 Å². The van der Waals surface area contributed by atoms with Crippen molar-refractivity contribution in [2.75, 3.05) is 12.3 Å². The van der Waals surface area contributed by atoms with Crippen molar-refractivity contribution in [3.8, 4) is 0 Å². The second kappa shape index (κ2) is 7.41. The van der Waals surface area contributed by atoms with Crippen molar-refractivity contribution in [2.24, 2.45) is 0 Å². The molecule has 3 nitrogen and oxygen atoms in total. The van der Waals surface area contributed by atoms with Crippen LogP contribution in [-0.2, 0) is 9.84 Å². The molecule has 0 amide bonds. The Morgan fingerprint density at radius 2 is 1.90 bits per heavy atom. The molecule has 1 atom stereocenters. The average molecular weight is 309 g/mol. The van der Waals surface area contributed by atoms with Crippen LogP contribution in [0.3, 0.4) is 0 Å². The Bertz CT molecular complexity index is 548. The summed E-state index contributed by atoms with van der Waals surface area (Å²) in [5, 5.41) is 3.31. The van der Waals surface area contributed by atoms with E-state index in [0.29, 0.717) is 0 Å². The zero-order valence-electron chi connectivity index (χ0n) is 13.1. The fourth-order valence-electron chi connectivity index (χ4n) is 3.17. The average Bonchev–Trinajstić information content (AvgIpc) is 2.99. The van der Waals surface area contributed by atoms with E-state index in [2.05, 4.69) is 25.2 Å². The van der Waals surface area contributed by atoms with E-state index in [-0.39, 0.29) is 17.0 Å². The Hall–Kier alpha value is -0.870. The fourth-order valence-corrected chi connectivity index (χ4v) is 5.26. The van der Waals surface area contributed by atoms with Gasteiger partial charge in [0.2, 0.25) is 0 Å². The smallest absolute Gasteiger partial charge is 0.155 e. The lowest BCUT2D eigenvalue weighted by atomic mass is 10.0. The largest absolute Gasteiger partial charge is 0.309 e. The van der Waals surface area contributed by atoms with E-state index in [1.807, 2.05) is 18.2 Å². The molecule has 0 heterocycles. The zero-order chi connectivity index (χ0) is 15.3.